The molecule has 0 spiro atoms. The number of rotatable bonds is 5. The van der Waals surface area contributed by atoms with Crippen molar-refractivity contribution in [3.63, 3.8) is 0 Å². The summed E-state index contributed by atoms with van der Waals surface area (Å²) >= 11 is 0. The van der Waals surface area contributed by atoms with Crippen LogP contribution in [0.2, 0.25) is 0 Å². The third-order valence-electron chi connectivity index (χ3n) is 3.57. The van der Waals surface area contributed by atoms with E-state index in [9.17, 15) is 0 Å². The van der Waals surface area contributed by atoms with E-state index >= 15 is 0 Å². The first-order chi connectivity index (χ1) is 8.76. The molecule has 0 bridgehead atoms. The van der Waals surface area contributed by atoms with Gasteiger partial charge in [0, 0.05) is 18.8 Å². The van der Waals surface area contributed by atoms with Crippen LogP contribution in [0.25, 0.3) is 10.8 Å². The van der Waals surface area contributed by atoms with E-state index in [2.05, 4.69) is 62.1 Å². The topological polar surface area (TPSA) is 3.24 Å². The van der Waals surface area contributed by atoms with Crippen molar-refractivity contribution < 1.29 is 0 Å². The average Bonchev–Trinajstić information content (AvgIpc) is 2.40. The molecule has 0 aliphatic carbocycles. The Morgan fingerprint density at radius 2 is 1.67 bits per heavy atom. The highest BCUT2D eigenvalue weighted by Gasteiger charge is 2.08. The fourth-order valence-corrected chi connectivity index (χ4v) is 2.48. The minimum atomic E-state index is 1.08. The summed E-state index contributed by atoms with van der Waals surface area (Å²) < 4.78 is 0. The van der Waals surface area contributed by atoms with Gasteiger partial charge in [-0.05, 0) is 48.7 Å². The van der Waals surface area contributed by atoms with Crippen LogP contribution in [0, 0.1) is 6.92 Å². The van der Waals surface area contributed by atoms with Crippen LogP contribution in [0.3, 0.4) is 0 Å². The molecule has 0 amide bonds. The summed E-state index contributed by atoms with van der Waals surface area (Å²) in [6.45, 7) is 8.95. The van der Waals surface area contributed by atoms with Crippen LogP contribution in [-0.2, 0) is 0 Å². The van der Waals surface area contributed by atoms with Gasteiger partial charge in [0.15, 0.2) is 0 Å². The summed E-state index contributed by atoms with van der Waals surface area (Å²) in [6.07, 6.45) is 2.52. The van der Waals surface area contributed by atoms with E-state index in [0.717, 1.165) is 13.1 Å². The molecule has 0 heterocycles. The van der Waals surface area contributed by atoms with Crippen LogP contribution in [0.15, 0.2) is 36.4 Å². The molecule has 1 heteroatoms. The van der Waals surface area contributed by atoms with Crippen molar-refractivity contribution in [2.45, 2.75) is 33.6 Å². The molecule has 0 aromatic heterocycles. The number of hydrogen-bond acceptors (Lipinski definition) is 1. The van der Waals surface area contributed by atoms with Crippen LogP contribution in [-0.4, -0.2) is 13.1 Å². The van der Waals surface area contributed by atoms with Gasteiger partial charge in [-0.15, -0.1) is 0 Å². The Kier molecular flexibility index (Phi) is 4.24. The molecule has 0 saturated heterocycles. The van der Waals surface area contributed by atoms with E-state index in [-0.39, 0.29) is 0 Å². The van der Waals surface area contributed by atoms with E-state index in [1.54, 1.807) is 0 Å². The molecule has 18 heavy (non-hydrogen) atoms. The lowest BCUT2D eigenvalue weighted by Crippen LogP contribution is -2.24. The number of aryl methyl sites for hydroxylation is 1. The van der Waals surface area contributed by atoms with E-state index in [1.165, 1.54) is 34.9 Å². The van der Waals surface area contributed by atoms with Crippen molar-refractivity contribution in [1.29, 1.82) is 0 Å². The summed E-state index contributed by atoms with van der Waals surface area (Å²) in [6, 6.07) is 13.3. The Morgan fingerprint density at radius 1 is 1.00 bits per heavy atom. The van der Waals surface area contributed by atoms with Crippen LogP contribution in [0.1, 0.15) is 32.3 Å². The second-order valence-electron chi connectivity index (χ2n) is 4.92. The summed E-state index contributed by atoms with van der Waals surface area (Å²) in [7, 11) is 0. The van der Waals surface area contributed by atoms with Crippen molar-refractivity contribution in [3.8, 4) is 0 Å². The van der Waals surface area contributed by atoms with Crippen LogP contribution in [0.4, 0.5) is 5.69 Å². The Morgan fingerprint density at radius 3 is 2.28 bits per heavy atom. The Labute approximate surface area is 110 Å². The highest BCUT2D eigenvalue weighted by molar-refractivity contribution is 5.87. The van der Waals surface area contributed by atoms with Crippen molar-refractivity contribution in [2.24, 2.45) is 0 Å². The summed E-state index contributed by atoms with van der Waals surface area (Å²) in [5.74, 6) is 0. The fraction of sp³-hybridized carbons (Fsp3) is 0.412. The Hall–Kier alpha value is -1.50. The molecule has 0 radical (unpaired) electrons. The molecule has 2 aromatic carbocycles. The SMILES string of the molecule is CCCCN(CC)c1cc2ccccc2cc1C. The molecule has 0 fully saturated rings. The van der Waals surface area contributed by atoms with E-state index in [1.807, 2.05) is 0 Å². The molecule has 0 atom stereocenters. The molecule has 96 valence electrons. The molecule has 2 rings (SSSR count). The van der Waals surface area contributed by atoms with E-state index < -0.39 is 0 Å². The second-order valence-corrected chi connectivity index (χ2v) is 4.92. The summed E-state index contributed by atoms with van der Waals surface area (Å²) in [5, 5.41) is 2.68. The third-order valence-corrected chi connectivity index (χ3v) is 3.57. The predicted molar refractivity (Wildman–Crippen MR) is 81.5 cm³/mol. The zero-order valence-electron chi connectivity index (χ0n) is 11.7. The largest absolute Gasteiger partial charge is 0.372 e. The van der Waals surface area contributed by atoms with Gasteiger partial charge in [-0.2, -0.15) is 0 Å². The van der Waals surface area contributed by atoms with Crippen molar-refractivity contribution in [2.75, 3.05) is 18.0 Å². The molecule has 0 saturated carbocycles. The lowest BCUT2D eigenvalue weighted by atomic mass is 10.0. The highest BCUT2D eigenvalue weighted by Crippen LogP contribution is 2.26. The van der Waals surface area contributed by atoms with Crippen LogP contribution in [0.5, 0.6) is 0 Å². The molecule has 0 unspecified atom stereocenters. The maximum absolute atomic E-state index is 2.49. The molecule has 0 aliphatic rings. The zero-order valence-corrected chi connectivity index (χ0v) is 11.7. The van der Waals surface area contributed by atoms with Crippen LogP contribution >= 0.6 is 0 Å². The molecule has 0 aliphatic heterocycles. The Balaban J connectivity index is 2.39. The number of benzene rings is 2. The van der Waals surface area contributed by atoms with E-state index in [0.29, 0.717) is 0 Å². The number of unbranched alkanes of at least 4 members (excludes halogenated alkanes) is 1. The van der Waals surface area contributed by atoms with Gasteiger partial charge in [0.2, 0.25) is 0 Å². The molecule has 0 N–H and O–H groups in total. The van der Waals surface area contributed by atoms with Crippen molar-refractivity contribution >= 4 is 16.5 Å². The highest BCUT2D eigenvalue weighted by atomic mass is 15.1. The predicted octanol–water partition coefficient (Wildman–Crippen LogP) is 4.77. The van der Waals surface area contributed by atoms with Crippen molar-refractivity contribution in [3.05, 3.63) is 42.0 Å². The van der Waals surface area contributed by atoms with E-state index in [4.69, 9.17) is 0 Å². The van der Waals surface area contributed by atoms with Gasteiger partial charge in [0.05, 0.1) is 0 Å². The molecular formula is C17H23N. The second kappa shape index (κ2) is 5.90. The normalized spacial score (nSPS) is 10.8. The minimum absolute atomic E-state index is 1.08. The zero-order chi connectivity index (χ0) is 13.0. The number of anilines is 1. The molecule has 2 aromatic rings. The van der Waals surface area contributed by atoms with Gasteiger partial charge >= 0.3 is 0 Å². The van der Waals surface area contributed by atoms with Crippen LogP contribution < -0.4 is 4.90 Å². The third kappa shape index (κ3) is 2.66. The van der Waals surface area contributed by atoms with Gasteiger partial charge in [-0.1, -0.05) is 37.6 Å². The lowest BCUT2D eigenvalue weighted by Gasteiger charge is -2.25. The first-order valence-corrected chi connectivity index (χ1v) is 7.00. The standard InChI is InChI=1S/C17H23N/c1-4-6-11-18(5-2)17-13-16-10-8-7-9-15(16)12-14(17)3/h7-10,12-13H,4-6,11H2,1-3H3. The molecular weight excluding hydrogens is 218 g/mol. The number of hydrogen-bond donors (Lipinski definition) is 0. The quantitative estimate of drug-likeness (QED) is 0.728. The number of nitrogens with zero attached hydrogens (tertiary/aromatic N) is 1. The fourth-order valence-electron chi connectivity index (χ4n) is 2.48. The van der Waals surface area contributed by atoms with Gasteiger partial charge in [0.1, 0.15) is 0 Å². The Bertz CT molecular complexity index is 516. The maximum Gasteiger partial charge on any atom is 0.0402 e. The monoisotopic (exact) mass is 241 g/mol. The van der Waals surface area contributed by atoms with Gasteiger partial charge in [-0.25, -0.2) is 0 Å². The summed E-state index contributed by atoms with van der Waals surface area (Å²) in [5.41, 5.74) is 2.77. The maximum atomic E-state index is 2.49. The lowest BCUT2D eigenvalue weighted by molar-refractivity contribution is 0.731. The van der Waals surface area contributed by atoms with Crippen molar-refractivity contribution in [1.82, 2.24) is 0 Å². The van der Waals surface area contributed by atoms with Gasteiger partial charge in [0.25, 0.3) is 0 Å². The smallest absolute Gasteiger partial charge is 0.0402 e. The summed E-state index contributed by atoms with van der Waals surface area (Å²) in [4.78, 5) is 2.49. The average molecular weight is 241 g/mol. The minimum Gasteiger partial charge on any atom is -0.372 e. The van der Waals surface area contributed by atoms with Gasteiger partial charge < -0.3 is 4.90 Å². The van der Waals surface area contributed by atoms with Gasteiger partial charge in [-0.3, -0.25) is 0 Å². The first-order valence-electron chi connectivity index (χ1n) is 7.00. The first kappa shape index (κ1) is 12.9. The molecule has 1 nitrogen and oxygen atoms in total. The number of fused-ring (bicyclic) bond motifs is 1.